The van der Waals surface area contributed by atoms with Crippen LogP contribution in [0.4, 0.5) is 0 Å². The van der Waals surface area contributed by atoms with Gasteiger partial charge in [0.05, 0.1) is 17.6 Å². The van der Waals surface area contributed by atoms with Crippen molar-refractivity contribution in [2.75, 3.05) is 13.2 Å². The van der Waals surface area contributed by atoms with Crippen LogP contribution in [0.3, 0.4) is 0 Å². The second-order valence-corrected chi connectivity index (χ2v) is 6.80. The molecule has 2 atom stereocenters. The molecule has 144 valence electrons. The number of ether oxygens (including phenoxy) is 2. The van der Waals surface area contributed by atoms with Crippen molar-refractivity contribution in [2.24, 2.45) is 0 Å². The predicted octanol–water partition coefficient (Wildman–Crippen LogP) is 4.06. The van der Waals surface area contributed by atoms with Crippen LogP contribution < -0.4 is 4.74 Å². The molecule has 4 rings (SSSR count). The number of imidazole rings is 1. The average Bonchev–Trinajstić information content (AvgIpc) is 3.29. The van der Waals surface area contributed by atoms with E-state index in [4.69, 9.17) is 14.5 Å². The largest absolute Gasteiger partial charge is 0.491 e. The van der Waals surface area contributed by atoms with Crippen molar-refractivity contribution in [2.45, 2.75) is 38.5 Å². The first-order valence-corrected chi connectivity index (χ1v) is 9.15. The van der Waals surface area contributed by atoms with Gasteiger partial charge in [-0.2, -0.15) is 0 Å². The minimum Gasteiger partial charge on any atom is -0.491 e. The van der Waals surface area contributed by atoms with Gasteiger partial charge in [0.2, 0.25) is 0 Å². The molecule has 3 aromatic rings. The molecule has 0 aliphatic carbocycles. The minimum absolute atomic E-state index is 0. The highest BCUT2D eigenvalue weighted by molar-refractivity contribution is 5.85. The summed E-state index contributed by atoms with van der Waals surface area (Å²) in [7, 11) is 0. The molecular formula is C21H25ClN2O3. The zero-order chi connectivity index (χ0) is 17.9. The summed E-state index contributed by atoms with van der Waals surface area (Å²) in [6.07, 6.45) is 1.39. The third-order valence-electron chi connectivity index (χ3n) is 4.82. The van der Waals surface area contributed by atoms with Crippen LogP contribution >= 0.6 is 12.4 Å². The summed E-state index contributed by atoms with van der Waals surface area (Å²) in [5.74, 6) is 1.71. The highest BCUT2D eigenvalue weighted by atomic mass is 35.5. The number of hydrogen-bond acceptors (Lipinski definition) is 4. The molecule has 2 aromatic carbocycles. The van der Waals surface area contributed by atoms with Gasteiger partial charge in [0, 0.05) is 6.61 Å². The number of aliphatic hydroxyl groups is 1. The minimum atomic E-state index is -0.632. The first-order chi connectivity index (χ1) is 12.7. The van der Waals surface area contributed by atoms with Crippen LogP contribution in [0.15, 0.2) is 48.5 Å². The summed E-state index contributed by atoms with van der Waals surface area (Å²) < 4.78 is 13.7. The van der Waals surface area contributed by atoms with Gasteiger partial charge in [-0.1, -0.05) is 30.3 Å². The van der Waals surface area contributed by atoms with Gasteiger partial charge in [-0.15, -0.1) is 12.4 Å². The quantitative estimate of drug-likeness (QED) is 0.691. The number of fused-ring (bicyclic) bond motifs is 1. The van der Waals surface area contributed by atoms with Gasteiger partial charge in [-0.3, -0.25) is 0 Å². The van der Waals surface area contributed by atoms with E-state index in [0.717, 1.165) is 47.6 Å². The number of aliphatic hydroxyl groups excluding tert-OH is 1. The second kappa shape index (κ2) is 8.74. The molecule has 0 bridgehead atoms. The topological polar surface area (TPSA) is 56.5 Å². The standard InChI is InChI=1S/C21H24N2O3.ClH/c1-15-7-2-5-10-19(15)26-14-16(24)13-23-18-9-4-3-8-17(18)22-21(23)20-11-6-12-25-20;/h2-5,7-10,16,20,24H,6,11-14H2,1H3;1H. The van der Waals surface area contributed by atoms with Crippen LogP contribution in [-0.2, 0) is 11.3 Å². The number of halogens is 1. The summed E-state index contributed by atoms with van der Waals surface area (Å²) in [4.78, 5) is 4.77. The smallest absolute Gasteiger partial charge is 0.139 e. The second-order valence-electron chi connectivity index (χ2n) is 6.80. The van der Waals surface area contributed by atoms with Crippen molar-refractivity contribution in [3.05, 3.63) is 59.9 Å². The van der Waals surface area contributed by atoms with Gasteiger partial charge in [0.1, 0.15) is 30.4 Å². The molecule has 1 fully saturated rings. The average molecular weight is 389 g/mol. The molecular weight excluding hydrogens is 364 g/mol. The molecule has 0 saturated carbocycles. The maximum atomic E-state index is 10.6. The predicted molar refractivity (Wildman–Crippen MR) is 108 cm³/mol. The highest BCUT2D eigenvalue weighted by Gasteiger charge is 2.25. The van der Waals surface area contributed by atoms with Crippen LogP contribution in [0, 0.1) is 6.92 Å². The van der Waals surface area contributed by atoms with E-state index in [0.29, 0.717) is 6.54 Å². The van der Waals surface area contributed by atoms with Gasteiger partial charge >= 0.3 is 0 Å². The fourth-order valence-corrected chi connectivity index (χ4v) is 3.48. The number of nitrogens with zero attached hydrogens (tertiary/aromatic N) is 2. The Morgan fingerprint density at radius 1 is 1.22 bits per heavy atom. The molecule has 0 radical (unpaired) electrons. The number of hydrogen-bond donors (Lipinski definition) is 1. The van der Waals surface area contributed by atoms with E-state index in [2.05, 4.69) is 4.57 Å². The van der Waals surface area contributed by atoms with E-state index >= 15 is 0 Å². The Labute approximate surface area is 165 Å². The van der Waals surface area contributed by atoms with Crippen molar-refractivity contribution in [3.63, 3.8) is 0 Å². The summed E-state index contributed by atoms with van der Waals surface area (Å²) >= 11 is 0. The Morgan fingerprint density at radius 3 is 2.78 bits per heavy atom. The molecule has 1 saturated heterocycles. The monoisotopic (exact) mass is 388 g/mol. The Balaban J connectivity index is 0.00000210. The first-order valence-electron chi connectivity index (χ1n) is 9.15. The number of para-hydroxylation sites is 3. The lowest BCUT2D eigenvalue weighted by molar-refractivity contribution is 0.0804. The molecule has 0 amide bonds. The van der Waals surface area contributed by atoms with Crippen molar-refractivity contribution < 1.29 is 14.6 Å². The third-order valence-corrected chi connectivity index (χ3v) is 4.82. The van der Waals surface area contributed by atoms with Gasteiger partial charge in [-0.05, 0) is 43.5 Å². The number of benzene rings is 2. The maximum absolute atomic E-state index is 10.6. The van der Waals surface area contributed by atoms with Crippen molar-refractivity contribution in [1.29, 1.82) is 0 Å². The lowest BCUT2D eigenvalue weighted by Gasteiger charge is -2.18. The lowest BCUT2D eigenvalue weighted by atomic mass is 10.2. The Hall–Kier alpha value is -2.08. The van der Waals surface area contributed by atoms with Crippen molar-refractivity contribution in [3.8, 4) is 5.75 Å². The van der Waals surface area contributed by atoms with Gasteiger partial charge < -0.3 is 19.1 Å². The van der Waals surface area contributed by atoms with Crippen molar-refractivity contribution >= 4 is 23.4 Å². The Bertz CT molecular complexity index is 890. The summed E-state index contributed by atoms with van der Waals surface area (Å²) in [5.41, 5.74) is 3.02. The molecule has 2 unspecified atom stereocenters. The van der Waals surface area contributed by atoms with E-state index in [9.17, 15) is 5.11 Å². The Kier molecular flexibility index (Phi) is 6.37. The van der Waals surface area contributed by atoms with E-state index in [-0.39, 0.29) is 25.1 Å². The molecule has 1 aliphatic rings. The zero-order valence-corrected chi connectivity index (χ0v) is 16.2. The molecule has 6 heteroatoms. The molecule has 1 aromatic heterocycles. The summed E-state index contributed by atoms with van der Waals surface area (Å²) in [5, 5.41) is 10.6. The molecule has 1 aliphatic heterocycles. The van der Waals surface area contributed by atoms with Crippen LogP contribution in [-0.4, -0.2) is 34.0 Å². The number of aromatic nitrogens is 2. The van der Waals surface area contributed by atoms with E-state index in [1.807, 2.05) is 55.5 Å². The van der Waals surface area contributed by atoms with Crippen molar-refractivity contribution in [1.82, 2.24) is 9.55 Å². The highest BCUT2D eigenvalue weighted by Crippen LogP contribution is 2.30. The molecule has 0 spiro atoms. The zero-order valence-electron chi connectivity index (χ0n) is 15.4. The molecule has 2 heterocycles. The van der Waals surface area contributed by atoms with Gasteiger partial charge in [-0.25, -0.2) is 4.98 Å². The molecule has 5 nitrogen and oxygen atoms in total. The third kappa shape index (κ3) is 4.26. The normalized spacial score (nSPS) is 17.6. The summed E-state index contributed by atoms with van der Waals surface area (Å²) in [6.45, 7) is 3.44. The SMILES string of the molecule is Cc1ccccc1OCC(O)Cn1c(C2CCCO2)nc2ccccc21.Cl. The first kappa shape index (κ1) is 19.7. The fraction of sp³-hybridized carbons (Fsp3) is 0.381. The Morgan fingerprint density at radius 2 is 2.00 bits per heavy atom. The van der Waals surface area contributed by atoms with Crippen LogP contribution in [0.25, 0.3) is 11.0 Å². The van der Waals surface area contributed by atoms with Crippen LogP contribution in [0.2, 0.25) is 0 Å². The summed E-state index contributed by atoms with van der Waals surface area (Å²) in [6, 6.07) is 15.9. The number of aryl methyl sites for hydroxylation is 1. The maximum Gasteiger partial charge on any atom is 0.139 e. The lowest BCUT2D eigenvalue weighted by Crippen LogP contribution is -2.25. The van der Waals surface area contributed by atoms with E-state index < -0.39 is 6.10 Å². The van der Waals surface area contributed by atoms with E-state index in [1.165, 1.54) is 0 Å². The molecule has 1 N–H and O–H groups in total. The number of rotatable bonds is 6. The van der Waals surface area contributed by atoms with Crippen LogP contribution in [0.5, 0.6) is 5.75 Å². The van der Waals surface area contributed by atoms with Gasteiger partial charge in [0.15, 0.2) is 0 Å². The fourth-order valence-electron chi connectivity index (χ4n) is 3.48. The van der Waals surface area contributed by atoms with E-state index in [1.54, 1.807) is 0 Å². The van der Waals surface area contributed by atoms with Gasteiger partial charge in [0.25, 0.3) is 0 Å². The molecule has 27 heavy (non-hydrogen) atoms. The van der Waals surface area contributed by atoms with Crippen LogP contribution in [0.1, 0.15) is 30.3 Å².